The molecule has 0 saturated heterocycles. The van der Waals surface area contributed by atoms with Crippen LogP contribution >= 0.6 is 0 Å². The second-order valence-corrected chi connectivity index (χ2v) is 5.06. The SMILES string of the molecule is c1ccc2c(c1)Cc1cc(Cn3ccnc3)ccc1-2. The predicted molar refractivity (Wildman–Crippen MR) is 76.0 cm³/mol. The van der Waals surface area contributed by atoms with E-state index in [1.165, 1.54) is 27.8 Å². The maximum Gasteiger partial charge on any atom is 0.0949 e. The van der Waals surface area contributed by atoms with Gasteiger partial charge in [0.15, 0.2) is 0 Å². The summed E-state index contributed by atoms with van der Waals surface area (Å²) in [7, 11) is 0. The van der Waals surface area contributed by atoms with E-state index >= 15 is 0 Å². The highest BCUT2D eigenvalue weighted by Gasteiger charge is 2.17. The van der Waals surface area contributed by atoms with Crippen molar-refractivity contribution in [1.82, 2.24) is 9.55 Å². The van der Waals surface area contributed by atoms with Gasteiger partial charge in [0.25, 0.3) is 0 Å². The van der Waals surface area contributed by atoms with Crippen LogP contribution in [0.25, 0.3) is 11.1 Å². The Labute approximate surface area is 112 Å². The molecule has 3 aromatic rings. The molecular formula is C17H14N2. The highest BCUT2D eigenvalue weighted by molar-refractivity contribution is 5.76. The van der Waals surface area contributed by atoms with Gasteiger partial charge in [-0.1, -0.05) is 42.5 Å². The van der Waals surface area contributed by atoms with Crippen LogP contribution in [-0.2, 0) is 13.0 Å². The lowest BCUT2D eigenvalue weighted by Crippen LogP contribution is -1.97. The van der Waals surface area contributed by atoms with E-state index in [1.807, 2.05) is 18.7 Å². The van der Waals surface area contributed by atoms with Crippen molar-refractivity contribution < 1.29 is 0 Å². The molecule has 1 aliphatic carbocycles. The number of aromatic nitrogens is 2. The Kier molecular flexibility index (Phi) is 2.27. The van der Waals surface area contributed by atoms with E-state index in [-0.39, 0.29) is 0 Å². The Morgan fingerprint density at radius 3 is 2.79 bits per heavy atom. The first-order valence-corrected chi connectivity index (χ1v) is 6.56. The maximum absolute atomic E-state index is 4.09. The van der Waals surface area contributed by atoms with Gasteiger partial charge in [0.2, 0.25) is 0 Å². The summed E-state index contributed by atoms with van der Waals surface area (Å²) in [5.74, 6) is 0. The molecule has 1 heterocycles. The topological polar surface area (TPSA) is 17.8 Å². The molecule has 0 fully saturated rings. The third kappa shape index (κ3) is 1.76. The van der Waals surface area contributed by atoms with Crippen LogP contribution in [0.3, 0.4) is 0 Å². The molecule has 0 saturated carbocycles. The quantitative estimate of drug-likeness (QED) is 0.529. The molecule has 0 amide bonds. The summed E-state index contributed by atoms with van der Waals surface area (Å²) >= 11 is 0. The van der Waals surface area contributed by atoms with Crippen LogP contribution in [0, 0.1) is 0 Å². The zero-order valence-electron chi connectivity index (χ0n) is 10.6. The fourth-order valence-corrected chi connectivity index (χ4v) is 2.89. The predicted octanol–water partition coefficient (Wildman–Crippen LogP) is 3.50. The summed E-state index contributed by atoms with van der Waals surface area (Å²) in [6.07, 6.45) is 6.75. The number of benzene rings is 2. The third-order valence-corrected chi connectivity index (χ3v) is 3.78. The normalized spacial score (nSPS) is 12.2. The smallest absolute Gasteiger partial charge is 0.0949 e. The van der Waals surface area contributed by atoms with Crippen LogP contribution in [0.5, 0.6) is 0 Å². The minimum absolute atomic E-state index is 0.892. The Morgan fingerprint density at radius 2 is 1.89 bits per heavy atom. The summed E-state index contributed by atoms with van der Waals surface area (Å²) in [5.41, 5.74) is 7.01. The van der Waals surface area contributed by atoms with E-state index in [1.54, 1.807) is 0 Å². The summed E-state index contributed by atoms with van der Waals surface area (Å²) in [4.78, 5) is 4.09. The van der Waals surface area contributed by atoms with Gasteiger partial charge >= 0.3 is 0 Å². The molecule has 0 radical (unpaired) electrons. The molecule has 0 atom stereocenters. The van der Waals surface area contributed by atoms with Gasteiger partial charge in [0, 0.05) is 18.9 Å². The van der Waals surface area contributed by atoms with Gasteiger partial charge in [-0.3, -0.25) is 0 Å². The van der Waals surface area contributed by atoms with Crippen molar-refractivity contribution in [3.63, 3.8) is 0 Å². The first-order valence-electron chi connectivity index (χ1n) is 6.56. The van der Waals surface area contributed by atoms with E-state index in [2.05, 4.69) is 52.0 Å². The fraction of sp³-hybridized carbons (Fsp3) is 0.118. The van der Waals surface area contributed by atoms with Crippen molar-refractivity contribution in [1.29, 1.82) is 0 Å². The Balaban J connectivity index is 1.71. The van der Waals surface area contributed by atoms with Crippen molar-refractivity contribution in [2.75, 3.05) is 0 Å². The molecular weight excluding hydrogens is 232 g/mol. The first-order chi connectivity index (χ1) is 9.40. The standard InChI is InChI=1S/C17H14N2/c1-2-4-16-14(3-1)10-15-9-13(5-6-17(15)16)11-19-8-7-18-12-19/h1-9,12H,10-11H2. The largest absolute Gasteiger partial charge is 0.333 e. The molecule has 0 aliphatic heterocycles. The molecule has 19 heavy (non-hydrogen) atoms. The number of rotatable bonds is 2. The van der Waals surface area contributed by atoms with E-state index in [4.69, 9.17) is 0 Å². The molecule has 1 aliphatic rings. The second kappa shape index (κ2) is 4.09. The molecule has 2 heteroatoms. The lowest BCUT2D eigenvalue weighted by Gasteiger charge is -2.06. The van der Waals surface area contributed by atoms with Crippen molar-refractivity contribution in [2.45, 2.75) is 13.0 Å². The summed E-state index contributed by atoms with van der Waals surface area (Å²) in [5, 5.41) is 0. The Morgan fingerprint density at radius 1 is 1.00 bits per heavy atom. The van der Waals surface area contributed by atoms with Crippen LogP contribution in [0.1, 0.15) is 16.7 Å². The lowest BCUT2D eigenvalue weighted by molar-refractivity contribution is 0.796. The molecule has 0 spiro atoms. The number of nitrogens with zero attached hydrogens (tertiary/aromatic N) is 2. The first kappa shape index (κ1) is 10.6. The monoisotopic (exact) mass is 246 g/mol. The van der Waals surface area contributed by atoms with Crippen molar-refractivity contribution in [2.24, 2.45) is 0 Å². The minimum Gasteiger partial charge on any atom is -0.333 e. The van der Waals surface area contributed by atoms with Crippen LogP contribution in [-0.4, -0.2) is 9.55 Å². The van der Waals surface area contributed by atoms with Gasteiger partial charge < -0.3 is 4.57 Å². The molecule has 0 unspecified atom stereocenters. The molecule has 2 nitrogen and oxygen atoms in total. The molecule has 1 aromatic heterocycles. The van der Waals surface area contributed by atoms with Crippen molar-refractivity contribution >= 4 is 0 Å². The van der Waals surface area contributed by atoms with Crippen LogP contribution in [0.2, 0.25) is 0 Å². The lowest BCUT2D eigenvalue weighted by atomic mass is 10.0. The Bertz CT molecular complexity index is 727. The van der Waals surface area contributed by atoms with Gasteiger partial charge in [-0.15, -0.1) is 0 Å². The van der Waals surface area contributed by atoms with E-state index in [0.29, 0.717) is 0 Å². The fourth-order valence-electron chi connectivity index (χ4n) is 2.89. The maximum atomic E-state index is 4.09. The van der Waals surface area contributed by atoms with Gasteiger partial charge in [0.05, 0.1) is 6.33 Å². The second-order valence-electron chi connectivity index (χ2n) is 5.06. The van der Waals surface area contributed by atoms with Gasteiger partial charge in [-0.25, -0.2) is 4.98 Å². The average Bonchev–Trinajstić information content (AvgIpc) is 3.05. The highest BCUT2D eigenvalue weighted by Crippen LogP contribution is 2.36. The van der Waals surface area contributed by atoms with Gasteiger partial charge in [0.1, 0.15) is 0 Å². The number of hydrogen-bond donors (Lipinski definition) is 0. The summed E-state index contributed by atoms with van der Waals surface area (Å²) < 4.78 is 2.10. The molecule has 0 bridgehead atoms. The molecule has 2 aromatic carbocycles. The van der Waals surface area contributed by atoms with Gasteiger partial charge in [-0.2, -0.15) is 0 Å². The molecule has 4 rings (SSSR count). The highest BCUT2D eigenvalue weighted by atomic mass is 15.0. The van der Waals surface area contributed by atoms with E-state index in [0.717, 1.165) is 13.0 Å². The molecule has 92 valence electrons. The Hall–Kier alpha value is -2.35. The van der Waals surface area contributed by atoms with E-state index in [9.17, 15) is 0 Å². The summed E-state index contributed by atoms with van der Waals surface area (Å²) in [6.45, 7) is 0.892. The van der Waals surface area contributed by atoms with Crippen LogP contribution in [0.4, 0.5) is 0 Å². The number of hydrogen-bond acceptors (Lipinski definition) is 1. The summed E-state index contributed by atoms with van der Waals surface area (Å²) in [6, 6.07) is 15.5. The van der Waals surface area contributed by atoms with Crippen LogP contribution in [0.15, 0.2) is 61.2 Å². The van der Waals surface area contributed by atoms with Crippen molar-refractivity contribution in [3.8, 4) is 11.1 Å². The number of fused-ring (bicyclic) bond motifs is 3. The van der Waals surface area contributed by atoms with Crippen LogP contribution < -0.4 is 0 Å². The third-order valence-electron chi connectivity index (χ3n) is 3.78. The van der Waals surface area contributed by atoms with Gasteiger partial charge in [-0.05, 0) is 34.2 Å². The minimum atomic E-state index is 0.892. The van der Waals surface area contributed by atoms with E-state index < -0.39 is 0 Å². The van der Waals surface area contributed by atoms with Crippen molar-refractivity contribution in [3.05, 3.63) is 77.9 Å². The number of imidazole rings is 1. The zero-order valence-corrected chi connectivity index (χ0v) is 10.6. The zero-order chi connectivity index (χ0) is 12.7. The molecule has 0 N–H and O–H groups in total. The average molecular weight is 246 g/mol.